The van der Waals surface area contributed by atoms with Gasteiger partial charge < -0.3 is 9.67 Å². The van der Waals surface area contributed by atoms with Crippen molar-refractivity contribution in [2.75, 3.05) is 0 Å². The van der Waals surface area contributed by atoms with E-state index in [-0.39, 0.29) is 11.1 Å². The highest BCUT2D eigenvalue weighted by Crippen LogP contribution is 2.37. The minimum atomic E-state index is -5.66. The highest BCUT2D eigenvalue weighted by Gasteiger charge is 2.57. The van der Waals surface area contributed by atoms with Crippen molar-refractivity contribution in [3.63, 3.8) is 0 Å². The van der Waals surface area contributed by atoms with Gasteiger partial charge in [0.1, 0.15) is 0 Å². The first-order valence-electron chi connectivity index (χ1n) is 5.38. The molecule has 0 amide bonds. The first-order valence-corrected chi connectivity index (χ1v) is 5.38. The van der Waals surface area contributed by atoms with Gasteiger partial charge in [-0.3, -0.25) is 0 Å². The summed E-state index contributed by atoms with van der Waals surface area (Å²) >= 11 is 0. The summed E-state index contributed by atoms with van der Waals surface area (Å²) in [6, 6.07) is 5.00. The maximum Gasteiger partial charge on any atom is 0.455 e. The summed E-state index contributed by atoms with van der Waals surface area (Å²) in [5, 5.41) is 9.18. The van der Waals surface area contributed by atoms with Crippen LogP contribution in [-0.4, -0.2) is 27.7 Å². The number of aromatic carboxylic acids is 1. The van der Waals surface area contributed by atoms with Gasteiger partial charge in [0.25, 0.3) is 0 Å². The Hall–Kier alpha value is -2.12. The van der Waals surface area contributed by atoms with Gasteiger partial charge in [0, 0.05) is 11.7 Å². The summed E-state index contributed by atoms with van der Waals surface area (Å²) in [5.74, 6) is -6.18. The van der Waals surface area contributed by atoms with Gasteiger partial charge >= 0.3 is 18.1 Å². The molecule has 0 spiro atoms. The molecule has 0 aliphatic carbocycles. The van der Waals surface area contributed by atoms with Crippen molar-refractivity contribution in [3.05, 3.63) is 36.0 Å². The zero-order valence-electron chi connectivity index (χ0n) is 9.79. The van der Waals surface area contributed by atoms with Crippen LogP contribution in [0.2, 0.25) is 0 Å². The van der Waals surface area contributed by atoms with Gasteiger partial charge in [-0.15, -0.1) is 0 Å². The van der Waals surface area contributed by atoms with Crippen LogP contribution < -0.4 is 0 Å². The smallest absolute Gasteiger partial charge is 0.455 e. The number of benzene rings is 1. The molecule has 0 atom stereocenters. The van der Waals surface area contributed by atoms with E-state index in [2.05, 4.69) is 0 Å². The van der Waals surface area contributed by atoms with Gasteiger partial charge in [0.05, 0.1) is 12.1 Å². The highest BCUT2D eigenvalue weighted by atomic mass is 19.4. The van der Waals surface area contributed by atoms with Crippen molar-refractivity contribution < 1.29 is 31.9 Å². The van der Waals surface area contributed by atoms with Crippen LogP contribution in [0.4, 0.5) is 22.0 Å². The van der Waals surface area contributed by atoms with Crippen LogP contribution in [0.25, 0.3) is 10.9 Å². The molecule has 0 saturated carbocycles. The average Bonchev–Trinajstić information content (AvgIpc) is 2.69. The molecule has 0 aliphatic rings. The Bertz CT molecular complexity index is 659. The van der Waals surface area contributed by atoms with Crippen molar-refractivity contribution in [3.8, 4) is 0 Å². The second-order valence-electron chi connectivity index (χ2n) is 4.22. The molecule has 2 rings (SSSR count). The summed E-state index contributed by atoms with van der Waals surface area (Å²) in [6.45, 7) is -1.59. The highest BCUT2D eigenvalue weighted by molar-refractivity contribution is 5.93. The molecule has 1 aromatic carbocycles. The summed E-state index contributed by atoms with van der Waals surface area (Å²) in [6.07, 6.45) is -4.59. The summed E-state index contributed by atoms with van der Waals surface area (Å²) in [7, 11) is 0. The van der Waals surface area contributed by atoms with Crippen molar-refractivity contribution in [1.29, 1.82) is 0 Å². The average molecular weight is 293 g/mol. The van der Waals surface area contributed by atoms with Gasteiger partial charge in [-0.25, -0.2) is 4.79 Å². The quantitative estimate of drug-likeness (QED) is 0.880. The number of carbonyl (C=O) groups is 1. The van der Waals surface area contributed by atoms with E-state index >= 15 is 0 Å². The molecule has 2 aromatic rings. The maximum absolute atomic E-state index is 13.0. The fourth-order valence-corrected chi connectivity index (χ4v) is 1.76. The van der Waals surface area contributed by atoms with Crippen molar-refractivity contribution in [2.24, 2.45) is 0 Å². The zero-order valence-corrected chi connectivity index (χ0v) is 9.79. The van der Waals surface area contributed by atoms with Gasteiger partial charge in [0.2, 0.25) is 0 Å². The molecule has 1 heterocycles. The predicted octanol–water partition coefficient (Wildman–Crippen LogP) is 3.54. The molecule has 20 heavy (non-hydrogen) atoms. The fraction of sp³-hybridized carbons (Fsp3) is 0.250. The van der Waals surface area contributed by atoms with Gasteiger partial charge in [-0.05, 0) is 23.6 Å². The topological polar surface area (TPSA) is 42.2 Å². The molecule has 1 N–H and O–H groups in total. The Balaban J connectivity index is 2.45. The lowest BCUT2D eigenvalue weighted by molar-refractivity contribution is -0.286. The lowest BCUT2D eigenvalue weighted by Crippen LogP contribution is -2.40. The van der Waals surface area contributed by atoms with E-state index < -0.39 is 24.6 Å². The van der Waals surface area contributed by atoms with E-state index in [0.717, 1.165) is 12.3 Å². The monoisotopic (exact) mass is 293 g/mol. The van der Waals surface area contributed by atoms with Gasteiger partial charge in [-0.2, -0.15) is 22.0 Å². The Labute approximate surface area is 109 Å². The predicted molar refractivity (Wildman–Crippen MR) is 59.9 cm³/mol. The van der Waals surface area contributed by atoms with Crippen LogP contribution in [0.5, 0.6) is 0 Å². The van der Waals surface area contributed by atoms with Crippen LogP contribution in [0.15, 0.2) is 30.5 Å². The molecule has 8 heteroatoms. The molecule has 0 radical (unpaired) electrons. The van der Waals surface area contributed by atoms with E-state index in [1.807, 2.05) is 0 Å². The third kappa shape index (κ3) is 2.45. The minimum Gasteiger partial charge on any atom is -0.478 e. The molecule has 0 fully saturated rings. The van der Waals surface area contributed by atoms with Crippen LogP contribution in [-0.2, 0) is 6.54 Å². The Morgan fingerprint density at radius 3 is 2.35 bits per heavy atom. The van der Waals surface area contributed by atoms with E-state index in [1.165, 1.54) is 18.2 Å². The van der Waals surface area contributed by atoms with Gasteiger partial charge in [-0.1, -0.05) is 6.07 Å². The molecule has 0 aliphatic heterocycles. The number of halogens is 5. The number of hydrogen-bond acceptors (Lipinski definition) is 1. The normalized spacial score (nSPS) is 12.8. The van der Waals surface area contributed by atoms with Crippen LogP contribution in [0.3, 0.4) is 0 Å². The van der Waals surface area contributed by atoms with E-state index in [0.29, 0.717) is 9.95 Å². The first-order chi connectivity index (χ1) is 9.12. The lowest BCUT2D eigenvalue weighted by Gasteiger charge is -2.20. The summed E-state index contributed by atoms with van der Waals surface area (Å²) < 4.78 is 63.3. The summed E-state index contributed by atoms with van der Waals surface area (Å²) in [4.78, 5) is 10.8. The lowest BCUT2D eigenvalue weighted by atomic mass is 10.1. The van der Waals surface area contributed by atoms with Crippen molar-refractivity contribution >= 4 is 16.9 Å². The molecule has 0 bridgehead atoms. The van der Waals surface area contributed by atoms with E-state index in [4.69, 9.17) is 5.11 Å². The van der Waals surface area contributed by atoms with E-state index in [9.17, 15) is 26.7 Å². The molecule has 3 nitrogen and oxygen atoms in total. The third-order valence-corrected chi connectivity index (χ3v) is 2.80. The second kappa shape index (κ2) is 4.46. The minimum absolute atomic E-state index is 0.00817. The Morgan fingerprint density at radius 1 is 1.15 bits per heavy atom. The third-order valence-electron chi connectivity index (χ3n) is 2.80. The van der Waals surface area contributed by atoms with Crippen molar-refractivity contribution in [2.45, 2.75) is 18.6 Å². The number of fused-ring (bicyclic) bond motifs is 1. The second-order valence-corrected chi connectivity index (χ2v) is 4.22. The number of carboxylic acid groups (broad SMARTS) is 1. The first kappa shape index (κ1) is 14.3. The number of rotatable bonds is 3. The number of hydrogen-bond donors (Lipinski definition) is 1. The number of aromatic nitrogens is 1. The van der Waals surface area contributed by atoms with Crippen LogP contribution >= 0.6 is 0 Å². The molecule has 108 valence electrons. The number of alkyl halides is 5. The van der Waals surface area contributed by atoms with Crippen molar-refractivity contribution in [1.82, 2.24) is 4.57 Å². The van der Waals surface area contributed by atoms with Crippen LogP contribution in [0.1, 0.15) is 10.4 Å². The largest absolute Gasteiger partial charge is 0.478 e. The molecule has 0 unspecified atom stereocenters. The maximum atomic E-state index is 13.0. The molecular weight excluding hydrogens is 285 g/mol. The SMILES string of the molecule is O=C(O)c1ccc2ccn(CC(F)(F)C(F)(F)F)c2c1. The Kier molecular flexibility index (Phi) is 3.19. The number of carboxylic acids is 1. The Morgan fingerprint density at radius 2 is 1.80 bits per heavy atom. The molecular formula is C12H8F5NO2. The summed E-state index contributed by atoms with van der Waals surface area (Å²) in [5.41, 5.74) is -0.179. The standard InChI is InChI=1S/C12H8F5NO2/c13-11(14,12(15,16)17)6-18-4-3-7-1-2-8(10(19)20)5-9(7)18/h1-5H,6H2,(H,19,20). The zero-order chi connectivity index (χ0) is 15.1. The molecule has 1 aromatic heterocycles. The number of nitrogens with zero attached hydrogens (tertiary/aromatic N) is 1. The van der Waals surface area contributed by atoms with E-state index in [1.54, 1.807) is 0 Å². The van der Waals surface area contributed by atoms with Crippen LogP contribution in [0, 0.1) is 0 Å². The fourth-order valence-electron chi connectivity index (χ4n) is 1.76. The molecule has 0 saturated heterocycles. The van der Waals surface area contributed by atoms with Gasteiger partial charge in [0.15, 0.2) is 0 Å².